The van der Waals surface area contributed by atoms with Gasteiger partial charge in [-0.25, -0.2) is 4.68 Å². The third kappa shape index (κ3) is 4.79. The fraction of sp³-hybridized carbons (Fsp3) is 0.722. The fourth-order valence-electron chi connectivity index (χ4n) is 4.05. The maximum atomic E-state index is 9.50. The molecule has 2 aromatic heterocycles. The zero-order valence-corrected chi connectivity index (χ0v) is 18.5. The van der Waals surface area contributed by atoms with Crippen LogP contribution < -0.4 is 5.32 Å². The Morgan fingerprint density at radius 1 is 1.19 bits per heavy atom. The number of aliphatic hydroxyl groups is 2. The number of anilines is 1. The summed E-state index contributed by atoms with van der Waals surface area (Å²) in [6, 6.07) is 0.364. The lowest BCUT2D eigenvalue weighted by molar-refractivity contribution is -0.106. The Kier molecular flexibility index (Phi) is 7.24. The number of nitrogens with one attached hydrogen (secondary N) is 1. The van der Waals surface area contributed by atoms with Gasteiger partial charge in [0.05, 0.1) is 37.5 Å². The number of hydrogen-bond acceptors (Lipinski definition) is 10. The van der Waals surface area contributed by atoms with Crippen molar-refractivity contribution < 1.29 is 29.5 Å². The predicted molar refractivity (Wildman–Crippen MR) is 114 cm³/mol. The van der Waals surface area contributed by atoms with E-state index < -0.39 is 33.2 Å². The number of rotatable bonds is 9. The Labute approximate surface area is 185 Å². The molecule has 1 aliphatic carbocycles. The number of ether oxygens (including phenoxy) is 2. The third-order valence-electron chi connectivity index (χ3n) is 5.88. The van der Waals surface area contributed by atoms with E-state index in [1.165, 1.54) is 12.8 Å². The summed E-state index contributed by atoms with van der Waals surface area (Å²) in [5, 5.41) is 25.8. The van der Waals surface area contributed by atoms with Crippen molar-refractivity contribution in [1.82, 2.24) is 19.7 Å². The van der Waals surface area contributed by atoms with E-state index in [9.17, 15) is 20.0 Å². The maximum Gasteiger partial charge on any atom is 0.226 e. The van der Waals surface area contributed by atoms with E-state index in [1.807, 2.05) is 0 Å². The topological polar surface area (TPSA) is 155 Å². The number of nitrogens with zero attached hydrogens (tertiary/aromatic N) is 4. The second-order valence-electron chi connectivity index (χ2n) is 7.95. The normalized spacial score (nSPS) is 22.8. The van der Waals surface area contributed by atoms with Crippen molar-refractivity contribution in [3.8, 4) is 0 Å². The molecule has 0 radical (unpaired) electrons. The summed E-state index contributed by atoms with van der Waals surface area (Å²) in [6.07, 6.45) is 6.76. The molecule has 3 heterocycles. The van der Waals surface area contributed by atoms with Crippen LogP contribution in [0.5, 0.6) is 0 Å². The van der Waals surface area contributed by atoms with Crippen LogP contribution in [-0.4, -0.2) is 77.1 Å². The van der Waals surface area contributed by atoms with Crippen molar-refractivity contribution >= 4 is 36.8 Å². The Bertz CT molecular complexity index is 892. The standard InChI is InChI=1S/C18H27ClN5O6P/c19-17-22-15(21-11-3-1-2-4-11)13-7-20-24(16(13)23-17)14-6-5-12(30-14)8-29-18(9-25,10-26)31(27)28/h7,11-12,14,25-28H,1-6,8-10H2,(H,21,22,23). The van der Waals surface area contributed by atoms with Crippen molar-refractivity contribution in [3.05, 3.63) is 11.5 Å². The molecule has 2 atom stereocenters. The van der Waals surface area contributed by atoms with Gasteiger partial charge in [0.25, 0.3) is 0 Å². The number of aromatic nitrogens is 4. The highest BCUT2D eigenvalue weighted by Crippen LogP contribution is 2.43. The van der Waals surface area contributed by atoms with E-state index in [2.05, 4.69) is 20.4 Å². The largest absolute Gasteiger partial charge is 0.393 e. The van der Waals surface area contributed by atoms with Gasteiger partial charge < -0.3 is 34.8 Å². The lowest BCUT2D eigenvalue weighted by Gasteiger charge is -2.31. The SMILES string of the molecule is OCC(CO)(OCC1CCC(n2ncc3c(NC4CCCC4)nc(Cl)nc32)O1)P(O)O. The highest BCUT2D eigenvalue weighted by Gasteiger charge is 2.40. The van der Waals surface area contributed by atoms with E-state index >= 15 is 0 Å². The van der Waals surface area contributed by atoms with Crippen molar-refractivity contribution in [3.63, 3.8) is 0 Å². The van der Waals surface area contributed by atoms with Crippen LogP contribution in [0.4, 0.5) is 5.82 Å². The molecule has 0 spiro atoms. The van der Waals surface area contributed by atoms with Gasteiger partial charge in [-0.2, -0.15) is 15.1 Å². The molecule has 2 fully saturated rings. The Morgan fingerprint density at radius 2 is 1.94 bits per heavy atom. The number of fused-ring (bicyclic) bond motifs is 1. The van der Waals surface area contributed by atoms with Gasteiger partial charge in [0.15, 0.2) is 17.2 Å². The minimum absolute atomic E-state index is 0.0129. The summed E-state index contributed by atoms with van der Waals surface area (Å²) in [5.41, 5.74) is 0.571. The average molecular weight is 476 g/mol. The fourth-order valence-corrected chi connectivity index (χ4v) is 4.65. The number of hydrogen-bond donors (Lipinski definition) is 5. The first-order valence-corrected chi connectivity index (χ1v) is 11.9. The van der Waals surface area contributed by atoms with Gasteiger partial charge in [-0.05, 0) is 37.3 Å². The second kappa shape index (κ2) is 9.76. The van der Waals surface area contributed by atoms with Crippen molar-refractivity contribution in [1.29, 1.82) is 0 Å². The molecule has 1 saturated carbocycles. The zero-order valence-electron chi connectivity index (χ0n) is 16.9. The van der Waals surface area contributed by atoms with Crippen molar-refractivity contribution in [2.75, 3.05) is 25.1 Å². The van der Waals surface area contributed by atoms with Gasteiger partial charge in [-0.3, -0.25) is 0 Å². The smallest absolute Gasteiger partial charge is 0.226 e. The summed E-state index contributed by atoms with van der Waals surface area (Å²) >= 11 is 6.18. The summed E-state index contributed by atoms with van der Waals surface area (Å²) < 4.78 is 13.1. The van der Waals surface area contributed by atoms with Crippen LogP contribution in [0.3, 0.4) is 0 Å². The molecule has 5 N–H and O–H groups in total. The van der Waals surface area contributed by atoms with Gasteiger partial charge in [-0.1, -0.05) is 12.8 Å². The van der Waals surface area contributed by atoms with Crippen molar-refractivity contribution in [2.45, 2.75) is 62.2 Å². The molecule has 0 amide bonds. The Balaban J connectivity index is 1.46. The minimum atomic E-state index is -2.69. The summed E-state index contributed by atoms with van der Waals surface area (Å²) in [4.78, 5) is 27.7. The molecule has 2 aromatic rings. The molecule has 0 aromatic carbocycles. The van der Waals surface area contributed by atoms with Gasteiger partial charge >= 0.3 is 0 Å². The summed E-state index contributed by atoms with van der Waals surface area (Å²) in [6.45, 7) is -1.44. The third-order valence-corrected chi connectivity index (χ3v) is 7.19. The predicted octanol–water partition coefficient (Wildman–Crippen LogP) is 1.51. The lowest BCUT2D eigenvalue weighted by atomic mass is 10.2. The molecular weight excluding hydrogens is 449 g/mol. The molecule has 31 heavy (non-hydrogen) atoms. The molecule has 2 aliphatic rings. The van der Waals surface area contributed by atoms with E-state index in [4.69, 9.17) is 21.1 Å². The number of halogens is 1. The second-order valence-corrected chi connectivity index (χ2v) is 9.68. The monoisotopic (exact) mass is 475 g/mol. The van der Waals surface area contributed by atoms with Crippen LogP contribution >= 0.6 is 20.0 Å². The Hall–Kier alpha value is -1.17. The van der Waals surface area contributed by atoms with E-state index in [0.717, 1.165) is 18.2 Å². The van der Waals surface area contributed by atoms with E-state index in [0.29, 0.717) is 30.3 Å². The van der Waals surface area contributed by atoms with Crippen LogP contribution in [0.15, 0.2) is 6.20 Å². The van der Waals surface area contributed by atoms with Gasteiger partial charge in [0, 0.05) is 6.04 Å². The first-order valence-electron chi connectivity index (χ1n) is 10.3. The molecular formula is C18H27ClN5O6P. The highest BCUT2D eigenvalue weighted by atomic mass is 35.5. The molecule has 13 heteroatoms. The lowest BCUT2D eigenvalue weighted by Crippen LogP contribution is -2.41. The summed E-state index contributed by atoms with van der Waals surface area (Å²) in [7, 11) is -2.69. The first-order chi connectivity index (χ1) is 15.0. The highest BCUT2D eigenvalue weighted by molar-refractivity contribution is 7.46. The summed E-state index contributed by atoms with van der Waals surface area (Å²) in [5.74, 6) is 0.668. The van der Waals surface area contributed by atoms with Crippen molar-refractivity contribution in [2.24, 2.45) is 0 Å². The van der Waals surface area contributed by atoms with Crippen LogP contribution in [0.2, 0.25) is 5.28 Å². The van der Waals surface area contributed by atoms with Crippen LogP contribution in [-0.2, 0) is 9.47 Å². The maximum absolute atomic E-state index is 9.50. The van der Waals surface area contributed by atoms with E-state index in [-0.39, 0.29) is 18.0 Å². The molecule has 172 valence electrons. The van der Waals surface area contributed by atoms with Gasteiger partial charge in [-0.15, -0.1) is 0 Å². The molecule has 1 saturated heterocycles. The van der Waals surface area contributed by atoms with Crippen LogP contribution in [0.25, 0.3) is 11.0 Å². The van der Waals surface area contributed by atoms with E-state index in [1.54, 1.807) is 10.9 Å². The van der Waals surface area contributed by atoms with Gasteiger partial charge in [0.1, 0.15) is 5.82 Å². The number of aliphatic hydroxyl groups excluding tert-OH is 2. The minimum Gasteiger partial charge on any atom is -0.393 e. The molecule has 4 rings (SSSR count). The van der Waals surface area contributed by atoms with Crippen LogP contribution in [0.1, 0.15) is 44.8 Å². The average Bonchev–Trinajstić information content (AvgIpc) is 3.49. The quantitative estimate of drug-likeness (QED) is 0.266. The zero-order chi connectivity index (χ0) is 22.0. The molecule has 2 unspecified atom stereocenters. The van der Waals surface area contributed by atoms with Crippen LogP contribution in [0, 0.1) is 0 Å². The Morgan fingerprint density at radius 3 is 2.61 bits per heavy atom. The first kappa shape index (κ1) is 23.0. The molecule has 1 aliphatic heterocycles. The molecule has 0 bridgehead atoms. The molecule has 11 nitrogen and oxygen atoms in total. The van der Waals surface area contributed by atoms with Gasteiger partial charge in [0.2, 0.25) is 13.7 Å².